The van der Waals surface area contributed by atoms with Gasteiger partial charge in [0, 0.05) is 18.2 Å². The largest absolute Gasteiger partial charge is 0.469 e. The highest BCUT2D eigenvalue weighted by atomic mass is 16.3. The van der Waals surface area contributed by atoms with Crippen LogP contribution in [0.4, 0.5) is 0 Å². The van der Waals surface area contributed by atoms with Crippen LogP contribution in [-0.4, -0.2) is 31.1 Å². The molecule has 1 saturated carbocycles. The predicted octanol–water partition coefficient (Wildman–Crippen LogP) is 2.80. The molecule has 102 valence electrons. The zero-order chi connectivity index (χ0) is 13.0. The number of rotatable bonds is 7. The monoisotopic (exact) mass is 250 g/mol. The van der Waals surface area contributed by atoms with E-state index in [-0.39, 0.29) is 0 Å². The van der Waals surface area contributed by atoms with E-state index in [1.54, 1.807) is 6.26 Å². The van der Waals surface area contributed by atoms with Gasteiger partial charge in [-0.1, -0.05) is 6.92 Å². The average Bonchev–Trinajstić information content (AvgIpc) is 2.69. The van der Waals surface area contributed by atoms with E-state index >= 15 is 0 Å². The van der Waals surface area contributed by atoms with Gasteiger partial charge in [0.05, 0.1) is 6.26 Å². The van der Waals surface area contributed by atoms with E-state index < -0.39 is 0 Å². The third-order valence-electron chi connectivity index (χ3n) is 4.16. The van der Waals surface area contributed by atoms with Gasteiger partial charge in [-0.25, -0.2) is 0 Å². The first-order valence-electron chi connectivity index (χ1n) is 7.16. The van der Waals surface area contributed by atoms with Crippen molar-refractivity contribution in [2.75, 3.05) is 20.1 Å². The highest BCUT2D eigenvalue weighted by Crippen LogP contribution is 2.32. The lowest BCUT2D eigenvalue weighted by atomic mass is 9.78. The molecule has 3 heteroatoms. The van der Waals surface area contributed by atoms with Crippen LogP contribution in [0.15, 0.2) is 16.7 Å². The fraction of sp³-hybridized carbons (Fsp3) is 0.733. The van der Waals surface area contributed by atoms with Crippen LogP contribution in [0, 0.1) is 12.8 Å². The molecule has 0 aromatic carbocycles. The first-order chi connectivity index (χ1) is 8.72. The number of furan rings is 1. The summed E-state index contributed by atoms with van der Waals surface area (Å²) in [7, 11) is 2.24. The Morgan fingerprint density at radius 3 is 2.83 bits per heavy atom. The molecule has 0 amide bonds. The predicted molar refractivity (Wildman–Crippen MR) is 74.6 cm³/mol. The Morgan fingerprint density at radius 1 is 1.44 bits per heavy atom. The van der Waals surface area contributed by atoms with Gasteiger partial charge in [0.2, 0.25) is 0 Å². The molecule has 1 aromatic rings. The van der Waals surface area contributed by atoms with Crippen molar-refractivity contribution in [3.05, 3.63) is 23.7 Å². The summed E-state index contributed by atoms with van der Waals surface area (Å²) < 4.78 is 5.36. The molecule has 2 atom stereocenters. The van der Waals surface area contributed by atoms with Crippen LogP contribution in [0.5, 0.6) is 0 Å². The second-order valence-corrected chi connectivity index (χ2v) is 5.53. The fourth-order valence-electron chi connectivity index (χ4n) is 2.80. The Balaban J connectivity index is 1.79. The van der Waals surface area contributed by atoms with E-state index in [2.05, 4.69) is 30.3 Å². The maximum atomic E-state index is 5.36. The van der Waals surface area contributed by atoms with Crippen LogP contribution >= 0.6 is 0 Å². The molecule has 1 heterocycles. The second kappa shape index (κ2) is 6.39. The van der Waals surface area contributed by atoms with Crippen molar-refractivity contribution in [2.24, 2.45) is 5.92 Å². The molecule has 18 heavy (non-hydrogen) atoms. The summed E-state index contributed by atoms with van der Waals surface area (Å²) >= 11 is 0. The molecule has 0 saturated heterocycles. The zero-order valence-corrected chi connectivity index (χ0v) is 11.9. The molecule has 2 rings (SSSR count). The summed E-state index contributed by atoms with van der Waals surface area (Å²) in [4.78, 5) is 2.49. The van der Waals surface area contributed by atoms with Gasteiger partial charge < -0.3 is 9.73 Å². The summed E-state index contributed by atoms with van der Waals surface area (Å²) in [5.74, 6) is 1.88. The SMILES string of the molecule is CCCNCC1CCC1N(C)Cc1ccoc1C. The Hall–Kier alpha value is -0.800. The molecule has 1 N–H and O–H groups in total. The minimum Gasteiger partial charge on any atom is -0.469 e. The number of nitrogens with zero attached hydrogens (tertiary/aromatic N) is 1. The quantitative estimate of drug-likeness (QED) is 0.754. The minimum absolute atomic E-state index is 0.739. The lowest BCUT2D eigenvalue weighted by Crippen LogP contribution is -2.48. The van der Waals surface area contributed by atoms with Crippen LogP contribution in [0.3, 0.4) is 0 Å². The van der Waals surface area contributed by atoms with Crippen molar-refractivity contribution in [2.45, 2.75) is 45.7 Å². The molecule has 1 fully saturated rings. The summed E-state index contributed by atoms with van der Waals surface area (Å²) in [6, 6.07) is 2.83. The molecule has 0 spiro atoms. The molecule has 0 aliphatic heterocycles. The lowest BCUT2D eigenvalue weighted by molar-refractivity contribution is 0.0778. The van der Waals surface area contributed by atoms with Gasteiger partial charge in [-0.3, -0.25) is 4.90 Å². The normalized spacial score (nSPS) is 23.3. The molecule has 1 aliphatic rings. The van der Waals surface area contributed by atoms with Crippen molar-refractivity contribution in [1.29, 1.82) is 0 Å². The number of nitrogens with one attached hydrogen (secondary N) is 1. The van der Waals surface area contributed by atoms with Crippen LogP contribution in [-0.2, 0) is 6.54 Å². The van der Waals surface area contributed by atoms with E-state index in [4.69, 9.17) is 4.42 Å². The minimum atomic E-state index is 0.739. The van der Waals surface area contributed by atoms with E-state index in [0.29, 0.717) is 0 Å². The summed E-state index contributed by atoms with van der Waals surface area (Å²) in [6.07, 6.45) is 5.73. The first-order valence-corrected chi connectivity index (χ1v) is 7.16. The highest BCUT2D eigenvalue weighted by Gasteiger charge is 2.33. The van der Waals surface area contributed by atoms with Crippen molar-refractivity contribution < 1.29 is 4.42 Å². The summed E-state index contributed by atoms with van der Waals surface area (Å²) in [5, 5.41) is 3.55. The van der Waals surface area contributed by atoms with E-state index in [9.17, 15) is 0 Å². The topological polar surface area (TPSA) is 28.4 Å². The second-order valence-electron chi connectivity index (χ2n) is 5.53. The lowest BCUT2D eigenvalue weighted by Gasteiger charge is -2.43. The van der Waals surface area contributed by atoms with Crippen LogP contribution in [0.25, 0.3) is 0 Å². The zero-order valence-electron chi connectivity index (χ0n) is 11.9. The molecular weight excluding hydrogens is 224 g/mol. The standard InChI is InChI=1S/C15H26N2O/c1-4-8-16-10-13-5-6-15(13)17(3)11-14-7-9-18-12(14)2/h7,9,13,15-16H,4-6,8,10-11H2,1-3H3. The van der Waals surface area contributed by atoms with Crippen molar-refractivity contribution in [3.8, 4) is 0 Å². The fourth-order valence-corrected chi connectivity index (χ4v) is 2.80. The molecule has 1 aliphatic carbocycles. The maximum Gasteiger partial charge on any atom is 0.105 e. The third kappa shape index (κ3) is 3.15. The van der Waals surface area contributed by atoms with Gasteiger partial charge in [0.1, 0.15) is 5.76 Å². The molecule has 2 unspecified atom stereocenters. The van der Waals surface area contributed by atoms with E-state index in [1.807, 2.05) is 6.92 Å². The van der Waals surface area contributed by atoms with Crippen LogP contribution < -0.4 is 5.32 Å². The number of hydrogen-bond acceptors (Lipinski definition) is 3. The number of hydrogen-bond donors (Lipinski definition) is 1. The van der Waals surface area contributed by atoms with Crippen LogP contribution in [0.1, 0.15) is 37.5 Å². The first kappa shape index (κ1) is 13.6. The highest BCUT2D eigenvalue weighted by molar-refractivity contribution is 5.15. The smallest absolute Gasteiger partial charge is 0.105 e. The third-order valence-corrected chi connectivity index (χ3v) is 4.16. The van der Waals surface area contributed by atoms with Gasteiger partial charge in [-0.05, 0) is 58.3 Å². The van der Waals surface area contributed by atoms with Crippen molar-refractivity contribution in [1.82, 2.24) is 10.2 Å². The summed E-state index contributed by atoms with van der Waals surface area (Å²) in [6.45, 7) is 7.60. The molecule has 0 radical (unpaired) electrons. The average molecular weight is 250 g/mol. The van der Waals surface area contributed by atoms with E-state index in [0.717, 1.165) is 30.8 Å². The Morgan fingerprint density at radius 2 is 2.28 bits per heavy atom. The van der Waals surface area contributed by atoms with Crippen molar-refractivity contribution >= 4 is 0 Å². The maximum absolute atomic E-state index is 5.36. The molecule has 3 nitrogen and oxygen atoms in total. The van der Waals surface area contributed by atoms with Gasteiger partial charge >= 0.3 is 0 Å². The van der Waals surface area contributed by atoms with Crippen LogP contribution in [0.2, 0.25) is 0 Å². The summed E-state index contributed by atoms with van der Waals surface area (Å²) in [5.41, 5.74) is 1.32. The van der Waals surface area contributed by atoms with Gasteiger partial charge in [0.25, 0.3) is 0 Å². The molecular formula is C15H26N2O. The van der Waals surface area contributed by atoms with Gasteiger partial charge in [0.15, 0.2) is 0 Å². The van der Waals surface area contributed by atoms with E-state index in [1.165, 1.54) is 31.4 Å². The number of aryl methyl sites for hydroxylation is 1. The van der Waals surface area contributed by atoms with Gasteiger partial charge in [-0.2, -0.15) is 0 Å². The molecule has 1 aromatic heterocycles. The Bertz CT molecular complexity index is 361. The Kier molecular flexibility index (Phi) is 4.84. The van der Waals surface area contributed by atoms with Gasteiger partial charge in [-0.15, -0.1) is 0 Å². The Labute approximate surface area is 111 Å². The van der Waals surface area contributed by atoms with Crippen molar-refractivity contribution in [3.63, 3.8) is 0 Å². The molecule has 0 bridgehead atoms.